The van der Waals surface area contributed by atoms with Gasteiger partial charge in [-0.2, -0.15) is 0 Å². The van der Waals surface area contributed by atoms with Gasteiger partial charge >= 0.3 is 0 Å². The summed E-state index contributed by atoms with van der Waals surface area (Å²) >= 11 is 0. The van der Waals surface area contributed by atoms with Crippen molar-refractivity contribution in [1.29, 1.82) is 0 Å². The van der Waals surface area contributed by atoms with Gasteiger partial charge in [-0.05, 0) is 33.6 Å². The van der Waals surface area contributed by atoms with Gasteiger partial charge in [0, 0.05) is 0 Å². The Balaban J connectivity index is -0.000000980. The van der Waals surface area contributed by atoms with Crippen LogP contribution in [-0.4, -0.2) is 6.61 Å². The standard InChI is InChI=1S/C10H19O4P.2H3N/c1-9(2)5-4-6-10(3)7-8-14-15(11,12)13;;/h5,7H,4,6,8H2,1-3H3,(H2,11,12,13);2*1H3/b10-7+;;. The van der Waals surface area contributed by atoms with Crippen molar-refractivity contribution in [2.24, 2.45) is 0 Å². The average molecular weight is 268 g/mol. The Labute approximate surface area is 103 Å². The summed E-state index contributed by atoms with van der Waals surface area (Å²) in [6.45, 7) is 5.76. The molecule has 0 amide bonds. The summed E-state index contributed by atoms with van der Waals surface area (Å²) in [5.41, 5.74) is 2.27. The molecule has 0 aliphatic carbocycles. The normalized spacial score (nSPS) is 11.2. The molecule has 0 saturated carbocycles. The zero-order valence-corrected chi connectivity index (χ0v) is 12.3. The van der Waals surface area contributed by atoms with E-state index >= 15 is 0 Å². The zero-order valence-electron chi connectivity index (χ0n) is 11.4. The Bertz CT molecular complexity index is 293. The van der Waals surface area contributed by atoms with E-state index in [1.807, 2.05) is 20.8 Å². The van der Waals surface area contributed by atoms with Crippen molar-refractivity contribution in [3.63, 3.8) is 0 Å². The van der Waals surface area contributed by atoms with Crippen molar-refractivity contribution >= 4 is 7.82 Å². The van der Waals surface area contributed by atoms with Gasteiger partial charge in [-0.15, -0.1) is 0 Å². The first-order chi connectivity index (χ1) is 6.81. The van der Waals surface area contributed by atoms with Crippen molar-refractivity contribution in [2.75, 3.05) is 6.61 Å². The lowest BCUT2D eigenvalue weighted by Gasteiger charge is -2.27. The van der Waals surface area contributed by atoms with Crippen LogP contribution in [-0.2, 0) is 9.09 Å². The summed E-state index contributed by atoms with van der Waals surface area (Å²) in [7, 11) is -4.82. The number of phosphoric acid groups is 1. The fourth-order valence-corrected chi connectivity index (χ4v) is 1.22. The zero-order chi connectivity index (χ0) is 11.9. The Morgan fingerprint density at radius 3 is 2.12 bits per heavy atom. The molecule has 0 unspecified atom stereocenters. The van der Waals surface area contributed by atoms with Crippen molar-refractivity contribution in [1.82, 2.24) is 12.3 Å². The average Bonchev–Trinajstić information content (AvgIpc) is 2.00. The van der Waals surface area contributed by atoms with Crippen molar-refractivity contribution in [3.05, 3.63) is 23.3 Å². The third kappa shape index (κ3) is 18.1. The summed E-state index contributed by atoms with van der Waals surface area (Å²) in [6.07, 6.45) is 5.47. The fraction of sp³-hybridized carbons (Fsp3) is 0.600. The minimum atomic E-state index is -4.82. The van der Waals surface area contributed by atoms with Crippen molar-refractivity contribution in [2.45, 2.75) is 33.6 Å². The third-order valence-corrected chi connectivity index (χ3v) is 2.22. The molecule has 0 bridgehead atoms. The second-order valence-corrected chi connectivity index (χ2v) is 4.77. The number of hydrogen-bond acceptors (Lipinski definition) is 4. The maximum atomic E-state index is 10.1. The van der Waals surface area contributed by atoms with Gasteiger partial charge in [0.25, 0.3) is 0 Å². The van der Waals surface area contributed by atoms with E-state index in [4.69, 9.17) is 0 Å². The molecule has 0 saturated heterocycles. The molecule has 104 valence electrons. The van der Waals surface area contributed by atoms with E-state index in [1.54, 1.807) is 6.08 Å². The van der Waals surface area contributed by atoms with Crippen LogP contribution in [0.4, 0.5) is 0 Å². The molecule has 0 aromatic carbocycles. The highest BCUT2D eigenvalue weighted by Crippen LogP contribution is 2.24. The Morgan fingerprint density at radius 1 is 1.18 bits per heavy atom. The van der Waals surface area contributed by atoms with Gasteiger partial charge in [-0.3, -0.25) is 0 Å². The van der Waals surface area contributed by atoms with E-state index in [2.05, 4.69) is 10.6 Å². The molecule has 7 heteroatoms. The van der Waals surface area contributed by atoms with Crippen LogP contribution in [0.3, 0.4) is 0 Å². The minimum absolute atomic E-state index is 0. The number of allylic oxidation sites excluding steroid dienone is 3. The molecular weight excluding hydrogens is 243 g/mol. The van der Waals surface area contributed by atoms with Crippen molar-refractivity contribution < 1.29 is 18.9 Å². The molecule has 0 heterocycles. The molecule has 8 N–H and O–H groups in total. The van der Waals surface area contributed by atoms with E-state index in [1.165, 1.54) is 5.57 Å². The van der Waals surface area contributed by atoms with E-state index in [9.17, 15) is 14.4 Å². The molecule has 17 heavy (non-hydrogen) atoms. The summed E-state index contributed by atoms with van der Waals surface area (Å²) in [5.74, 6) is 0. The summed E-state index contributed by atoms with van der Waals surface area (Å²) in [5, 5.41) is 0. The van der Waals surface area contributed by atoms with E-state index < -0.39 is 7.82 Å². The highest BCUT2D eigenvalue weighted by Gasteiger charge is 1.91. The minimum Gasteiger partial charge on any atom is -0.790 e. The molecule has 0 fully saturated rings. The number of phosphoric ester groups is 1. The Morgan fingerprint density at radius 2 is 1.71 bits per heavy atom. The third-order valence-electron chi connectivity index (χ3n) is 1.76. The highest BCUT2D eigenvalue weighted by atomic mass is 31.2. The van der Waals surface area contributed by atoms with Crippen LogP contribution in [0.5, 0.6) is 0 Å². The summed E-state index contributed by atoms with van der Waals surface area (Å²) in [6, 6.07) is 0. The topological polar surface area (TPSA) is 145 Å². The quantitative estimate of drug-likeness (QED) is 0.561. The highest BCUT2D eigenvalue weighted by molar-refractivity contribution is 7.43. The van der Waals surface area contributed by atoms with Crippen LogP contribution in [0.2, 0.25) is 0 Å². The van der Waals surface area contributed by atoms with E-state index in [0.717, 1.165) is 18.4 Å². The molecule has 0 aromatic rings. The predicted molar refractivity (Wildman–Crippen MR) is 68.0 cm³/mol. The number of hydrogen-bond donors (Lipinski definition) is 2. The van der Waals surface area contributed by atoms with Crippen LogP contribution < -0.4 is 22.1 Å². The van der Waals surface area contributed by atoms with Crippen LogP contribution in [0.15, 0.2) is 23.3 Å². The van der Waals surface area contributed by atoms with Gasteiger partial charge in [0.1, 0.15) is 0 Å². The van der Waals surface area contributed by atoms with Gasteiger partial charge in [-0.25, -0.2) is 0 Å². The van der Waals surface area contributed by atoms with Crippen LogP contribution in [0.1, 0.15) is 33.6 Å². The first-order valence-electron chi connectivity index (χ1n) is 4.77. The lowest BCUT2D eigenvalue weighted by Crippen LogP contribution is -2.16. The molecule has 0 spiro atoms. The summed E-state index contributed by atoms with van der Waals surface area (Å²) < 4.78 is 14.2. The molecule has 0 rings (SSSR count). The number of rotatable bonds is 6. The molecule has 0 aliphatic heterocycles. The van der Waals surface area contributed by atoms with Gasteiger partial charge in [0.05, 0.1) is 14.4 Å². The van der Waals surface area contributed by atoms with Crippen molar-refractivity contribution in [3.8, 4) is 0 Å². The largest absolute Gasteiger partial charge is 0.790 e. The first kappa shape index (κ1) is 21.8. The van der Waals surface area contributed by atoms with Gasteiger partial charge in [0.2, 0.25) is 0 Å². The maximum absolute atomic E-state index is 10.1. The van der Waals surface area contributed by atoms with E-state index in [0.29, 0.717) is 0 Å². The van der Waals surface area contributed by atoms with Gasteiger partial charge in [-0.1, -0.05) is 23.3 Å². The first-order valence-corrected chi connectivity index (χ1v) is 6.23. The second-order valence-electron chi connectivity index (χ2n) is 3.61. The monoisotopic (exact) mass is 268 g/mol. The van der Waals surface area contributed by atoms with Crippen LogP contribution in [0, 0.1) is 0 Å². The SMILES string of the molecule is CC(C)=CCC/C(C)=C/COP(=O)([O-])[O-].[NH4+].[NH4+]. The Kier molecular flexibility index (Phi) is 13.6. The van der Waals surface area contributed by atoms with Gasteiger partial charge < -0.3 is 31.2 Å². The molecule has 0 aromatic heterocycles. The van der Waals surface area contributed by atoms with Gasteiger partial charge in [0.15, 0.2) is 0 Å². The second kappa shape index (κ2) is 10.7. The predicted octanol–water partition coefficient (Wildman–Crippen LogP) is 2.28. The lowest BCUT2D eigenvalue weighted by atomic mass is 10.1. The molecular formula is C10H25N2O4P. The molecule has 0 aliphatic rings. The summed E-state index contributed by atoms with van der Waals surface area (Å²) in [4.78, 5) is 20.3. The van der Waals surface area contributed by atoms with Crippen LogP contribution in [0.25, 0.3) is 0 Å². The molecule has 0 atom stereocenters. The molecule has 0 radical (unpaired) electrons. The smallest absolute Gasteiger partial charge is 0.0702 e. The molecule has 6 nitrogen and oxygen atoms in total. The van der Waals surface area contributed by atoms with E-state index in [-0.39, 0.29) is 18.9 Å². The fourth-order valence-electron chi connectivity index (χ4n) is 0.961. The maximum Gasteiger partial charge on any atom is 0.0702 e. The Hall–Kier alpha value is -0.490. The number of quaternary nitrogens is 2. The van der Waals surface area contributed by atoms with Crippen LogP contribution >= 0.6 is 7.82 Å². The lowest BCUT2D eigenvalue weighted by molar-refractivity contribution is -0.340.